The van der Waals surface area contributed by atoms with Gasteiger partial charge in [-0.15, -0.1) is 0 Å². The van der Waals surface area contributed by atoms with E-state index in [0.717, 1.165) is 49.3 Å². The lowest BCUT2D eigenvalue weighted by atomic mass is 9.74. The molecule has 0 radical (unpaired) electrons. The van der Waals surface area contributed by atoms with Gasteiger partial charge in [0.2, 0.25) is 0 Å². The van der Waals surface area contributed by atoms with E-state index in [4.69, 9.17) is 0 Å². The fraction of sp³-hybridized carbons (Fsp3) is 0.524. The molecule has 26 heavy (non-hydrogen) atoms. The Labute approximate surface area is 154 Å². The first-order valence-corrected chi connectivity index (χ1v) is 9.67. The topological polar surface area (TPSA) is 32.3 Å². The number of rotatable bonds is 1. The lowest BCUT2D eigenvalue weighted by molar-refractivity contribution is 0.000840. The van der Waals surface area contributed by atoms with Crippen LogP contribution in [0.5, 0.6) is 0 Å². The SMILES string of the molecule is C[C@@H]1CCc2ncnc(N3CC4(CCCN(C)[C@@H]4F)c4ccccc43)c21. The van der Waals surface area contributed by atoms with Crippen LogP contribution in [0.1, 0.15) is 48.9 Å². The van der Waals surface area contributed by atoms with Crippen LogP contribution in [-0.2, 0) is 11.8 Å². The molecule has 2 aliphatic heterocycles. The highest BCUT2D eigenvalue weighted by Gasteiger charge is 2.52. The molecule has 136 valence electrons. The Morgan fingerprint density at radius 2 is 2.08 bits per heavy atom. The van der Waals surface area contributed by atoms with Gasteiger partial charge in [-0.3, -0.25) is 4.90 Å². The molecule has 3 heterocycles. The molecular weight excluding hydrogens is 327 g/mol. The molecule has 0 N–H and O–H groups in total. The van der Waals surface area contributed by atoms with E-state index in [-0.39, 0.29) is 0 Å². The molecule has 1 unspecified atom stereocenters. The summed E-state index contributed by atoms with van der Waals surface area (Å²) >= 11 is 0. The van der Waals surface area contributed by atoms with E-state index in [2.05, 4.69) is 40.0 Å². The summed E-state index contributed by atoms with van der Waals surface area (Å²) < 4.78 is 15.5. The van der Waals surface area contributed by atoms with Crippen molar-refractivity contribution in [3.8, 4) is 0 Å². The molecule has 3 atom stereocenters. The highest BCUT2D eigenvalue weighted by Crippen LogP contribution is 2.52. The van der Waals surface area contributed by atoms with Crippen LogP contribution in [0.15, 0.2) is 30.6 Å². The van der Waals surface area contributed by atoms with Gasteiger partial charge < -0.3 is 4.90 Å². The van der Waals surface area contributed by atoms with Gasteiger partial charge in [0.05, 0.1) is 5.41 Å². The van der Waals surface area contributed by atoms with Crippen LogP contribution in [-0.4, -0.2) is 41.3 Å². The predicted octanol–water partition coefficient (Wildman–Crippen LogP) is 3.94. The molecule has 4 nitrogen and oxygen atoms in total. The van der Waals surface area contributed by atoms with Crippen molar-refractivity contribution in [3.63, 3.8) is 0 Å². The Hall–Kier alpha value is -2.01. The molecule has 0 saturated carbocycles. The summed E-state index contributed by atoms with van der Waals surface area (Å²) in [5.41, 5.74) is 4.21. The molecule has 5 rings (SSSR count). The summed E-state index contributed by atoms with van der Waals surface area (Å²) in [7, 11) is 1.90. The second-order valence-corrected chi connectivity index (χ2v) is 8.18. The average molecular weight is 352 g/mol. The fourth-order valence-electron chi connectivity index (χ4n) is 5.33. The quantitative estimate of drug-likeness (QED) is 0.728. The Morgan fingerprint density at radius 1 is 1.23 bits per heavy atom. The largest absolute Gasteiger partial charge is 0.325 e. The average Bonchev–Trinajstić information content (AvgIpc) is 3.20. The minimum atomic E-state index is -0.963. The van der Waals surface area contributed by atoms with Gasteiger partial charge in [-0.25, -0.2) is 14.4 Å². The van der Waals surface area contributed by atoms with Crippen molar-refractivity contribution in [3.05, 3.63) is 47.4 Å². The summed E-state index contributed by atoms with van der Waals surface area (Å²) in [6, 6.07) is 8.33. The monoisotopic (exact) mass is 352 g/mol. The number of nitrogens with zero attached hydrogens (tertiary/aromatic N) is 4. The van der Waals surface area contributed by atoms with Crippen LogP contribution in [0.4, 0.5) is 15.9 Å². The van der Waals surface area contributed by atoms with Crippen molar-refractivity contribution < 1.29 is 4.39 Å². The fourth-order valence-corrected chi connectivity index (χ4v) is 5.33. The zero-order valence-corrected chi connectivity index (χ0v) is 15.5. The van der Waals surface area contributed by atoms with E-state index in [9.17, 15) is 0 Å². The maximum absolute atomic E-state index is 15.5. The molecule has 1 aliphatic carbocycles. The predicted molar refractivity (Wildman–Crippen MR) is 101 cm³/mol. The second kappa shape index (κ2) is 5.74. The minimum Gasteiger partial charge on any atom is -0.325 e. The first-order valence-electron chi connectivity index (χ1n) is 9.67. The smallest absolute Gasteiger partial charge is 0.164 e. The number of para-hydroxylation sites is 1. The normalized spacial score (nSPS) is 30.7. The minimum absolute atomic E-state index is 0.458. The van der Waals surface area contributed by atoms with Crippen molar-refractivity contribution in [2.75, 3.05) is 25.0 Å². The number of halogens is 1. The van der Waals surface area contributed by atoms with E-state index in [1.807, 2.05) is 18.0 Å². The van der Waals surface area contributed by atoms with Crippen molar-refractivity contribution in [2.24, 2.45) is 0 Å². The van der Waals surface area contributed by atoms with Gasteiger partial charge in [0, 0.05) is 30.0 Å². The number of likely N-dealkylation sites (tertiary alicyclic amines) is 1. The summed E-state index contributed by atoms with van der Waals surface area (Å²) in [4.78, 5) is 13.3. The third-order valence-corrected chi connectivity index (χ3v) is 6.66. The van der Waals surface area contributed by atoms with Crippen LogP contribution in [0.2, 0.25) is 0 Å². The van der Waals surface area contributed by atoms with Gasteiger partial charge in [0.15, 0.2) is 6.30 Å². The zero-order chi connectivity index (χ0) is 17.9. The van der Waals surface area contributed by atoms with Gasteiger partial charge >= 0.3 is 0 Å². The van der Waals surface area contributed by atoms with Crippen molar-refractivity contribution in [2.45, 2.75) is 50.2 Å². The van der Waals surface area contributed by atoms with E-state index >= 15 is 4.39 Å². The highest BCUT2D eigenvalue weighted by molar-refractivity contribution is 5.73. The molecule has 0 bridgehead atoms. The number of aromatic nitrogens is 2. The number of likely N-dealkylation sites (N-methyl/N-ethyl adjacent to an activating group) is 1. The van der Waals surface area contributed by atoms with Crippen LogP contribution in [0, 0.1) is 0 Å². The third kappa shape index (κ3) is 2.10. The molecule has 1 fully saturated rings. The number of piperidine rings is 1. The van der Waals surface area contributed by atoms with Crippen molar-refractivity contribution in [1.29, 1.82) is 0 Å². The number of anilines is 2. The number of aryl methyl sites for hydroxylation is 1. The Balaban J connectivity index is 1.66. The first-order chi connectivity index (χ1) is 12.6. The van der Waals surface area contributed by atoms with E-state index in [1.165, 1.54) is 11.3 Å². The number of fused-ring (bicyclic) bond motifs is 3. The molecule has 1 spiro atoms. The molecule has 1 aromatic carbocycles. The van der Waals surface area contributed by atoms with Crippen molar-refractivity contribution in [1.82, 2.24) is 14.9 Å². The van der Waals surface area contributed by atoms with Gasteiger partial charge in [-0.2, -0.15) is 0 Å². The zero-order valence-electron chi connectivity index (χ0n) is 15.5. The maximum Gasteiger partial charge on any atom is 0.164 e. The van der Waals surface area contributed by atoms with E-state index in [0.29, 0.717) is 12.5 Å². The molecular formula is C21H25FN4. The van der Waals surface area contributed by atoms with Crippen LogP contribution < -0.4 is 4.90 Å². The van der Waals surface area contributed by atoms with Gasteiger partial charge in [0.1, 0.15) is 12.1 Å². The summed E-state index contributed by atoms with van der Waals surface area (Å²) in [5, 5.41) is 0. The van der Waals surface area contributed by atoms with E-state index < -0.39 is 11.7 Å². The lowest BCUT2D eigenvalue weighted by Gasteiger charge is -2.42. The standard InChI is InChI=1S/C21H25FN4/c1-14-8-9-16-18(14)19(24-13-23-16)26-12-21(10-5-11-25(2)20(21)22)15-6-3-4-7-17(15)26/h3-4,6-7,13-14,20H,5,8-12H2,1-2H3/t14-,20+,21?/m1/s1. The number of hydrogen-bond donors (Lipinski definition) is 0. The van der Waals surface area contributed by atoms with Crippen LogP contribution in [0.3, 0.4) is 0 Å². The van der Waals surface area contributed by atoms with Crippen LogP contribution in [0.25, 0.3) is 0 Å². The first kappa shape index (κ1) is 16.2. The maximum atomic E-state index is 15.5. The lowest BCUT2D eigenvalue weighted by Crippen LogP contribution is -2.52. The Kier molecular flexibility index (Phi) is 3.58. The number of benzene rings is 1. The highest BCUT2D eigenvalue weighted by atomic mass is 19.1. The second-order valence-electron chi connectivity index (χ2n) is 8.18. The van der Waals surface area contributed by atoms with Crippen molar-refractivity contribution >= 4 is 11.5 Å². The van der Waals surface area contributed by atoms with Gasteiger partial charge in [0.25, 0.3) is 0 Å². The molecule has 3 aliphatic rings. The number of alkyl halides is 1. The summed E-state index contributed by atoms with van der Waals surface area (Å²) in [5.74, 6) is 1.45. The molecule has 2 aromatic rings. The summed E-state index contributed by atoms with van der Waals surface area (Å²) in [6.45, 7) is 3.74. The molecule has 1 aromatic heterocycles. The van der Waals surface area contributed by atoms with E-state index in [1.54, 1.807) is 6.33 Å². The Morgan fingerprint density at radius 3 is 2.96 bits per heavy atom. The van der Waals surface area contributed by atoms with Gasteiger partial charge in [-0.05, 0) is 50.3 Å². The van der Waals surface area contributed by atoms with Crippen LogP contribution >= 0.6 is 0 Å². The Bertz CT molecular complexity index is 854. The molecule has 1 saturated heterocycles. The number of hydrogen-bond acceptors (Lipinski definition) is 4. The van der Waals surface area contributed by atoms with Gasteiger partial charge in [-0.1, -0.05) is 25.1 Å². The summed E-state index contributed by atoms with van der Waals surface area (Å²) in [6.07, 6.45) is 4.76. The third-order valence-electron chi connectivity index (χ3n) is 6.66. The molecule has 0 amide bonds. The molecule has 5 heteroatoms.